The molecule has 0 aromatic carbocycles. The van der Waals surface area contributed by atoms with Crippen LogP contribution in [0.5, 0.6) is 0 Å². The standard InChI is InChI=1S/C11H18N4O/c12-15-14-4-2-1-3-13-11(16)10-6-8-5-9(8)7-10/h8-10H,1-7H2,(H,13,16). The lowest BCUT2D eigenvalue weighted by Crippen LogP contribution is -2.30. The maximum absolute atomic E-state index is 11.7. The first kappa shape index (κ1) is 11.3. The predicted molar refractivity (Wildman–Crippen MR) is 60.6 cm³/mol. The molecule has 88 valence electrons. The lowest BCUT2D eigenvalue weighted by atomic mass is 10.0. The molecule has 2 rings (SSSR count). The van der Waals surface area contributed by atoms with Crippen molar-refractivity contribution >= 4 is 5.91 Å². The molecule has 2 unspecified atom stereocenters. The zero-order valence-corrected chi connectivity index (χ0v) is 9.43. The van der Waals surface area contributed by atoms with Gasteiger partial charge in [0.05, 0.1) is 0 Å². The highest BCUT2D eigenvalue weighted by molar-refractivity contribution is 5.79. The van der Waals surface area contributed by atoms with Crippen LogP contribution < -0.4 is 5.32 Å². The number of unbranched alkanes of at least 4 members (excludes halogenated alkanes) is 1. The van der Waals surface area contributed by atoms with Crippen molar-refractivity contribution in [1.29, 1.82) is 0 Å². The number of hydrogen-bond acceptors (Lipinski definition) is 2. The highest BCUT2D eigenvalue weighted by atomic mass is 16.1. The SMILES string of the molecule is [N-]=[N+]=NCCCCNC(=O)C1CC2CC2C1. The molecule has 5 nitrogen and oxygen atoms in total. The Morgan fingerprint density at radius 2 is 2.06 bits per heavy atom. The number of rotatable bonds is 6. The van der Waals surface area contributed by atoms with Crippen LogP contribution in [-0.4, -0.2) is 19.0 Å². The van der Waals surface area contributed by atoms with Gasteiger partial charge in [0.2, 0.25) is 5.91 Å². The summed E-state index contributed by atoms with van der Waals surface area (Å²) in [6, 6.07) is 0. The van der Waals surface area contributed by atoms with E-state index in [1.165, 1.54) is 6.42 Å². The van der Waals surface area contributed by atoms with Crippen molar-refractivity contribution < 1.29 is 4.79 Å². The summed E-state index contributed by atoms with van der Waals surface area (Å²) in [6.45, 7) is 1.24. The summed E-state index contributed by atoms with van der Waals surface area (Å²) < 4.78 is 0. The van der Waals surface area contributed by atoms with Crippen molar-refractivity contribution in [2.75, 3.05) is 13.1 Å². The Balaban J connectivity index is 1.52. The fraction of sp³-hybridized carbons (Fsp3) is 0.909. The number of carbonyl (C=O) groups excluding carboxylic acids is 1. The van der Waals surface area contributed by atoms with Crippen molar-refractivity contribution in [3.05, 3.63) is 10.4 Å². The molecule has 0 spiro atoms. The van der Waals surface area contributed by atoms with Crippen LogP contribution in [0.4, 0.5) is 0 Å². The first-order chi connectivity index (χ1) is 7.81. The highest BCUT2D eigenvalue weighted by Crippen LogP contribution is 2.54. The average Bonchev–Trinajstić information content (AvgIpc) is 2.90. The lowest BCUT2D eigenvalue weighted by Gasteiger charge is -2.11. The minimum absolute atomic E-state index is 0.232. The number of azide groups is 1. The first-order valence-electron chi connectivity index (χ1n) is 6.10. The van der Waals surface area contributed by atoms with Crippen LogP contribution in [0.3, 0.4) is 0 Å². The summed E-state index contributed by atoms with van der Waals surface area (Å²) >= 11 is 0. The molecular weight excluding hydrogens is 204 g/mol. The van der Waals surface area contributed by atoms with E-state index < -0.39 is 0 Å². The summed E-state index contributed by atoms with van der Waals surface area (Å²) in [4.78, 5) is 14.4. The normalized spacial score (nSPS) is 30.4. The topological polar surface area (TPSA) is 77.9 Å². The molecule has 0 aromatic rings. The number of carbonyl (C=O) groups is 1. The Hall–Kier alpha value is -1.22. The van der Waals surface area contributed by atoms with E-state index in [4.69, 9.17) is 5.53 Å². The van der Waals surface area contributed by atoms with Crippen LogP contribution in [0.15, 0.2) is 5.11 Å². The maximum Gasteiger partial charge on any atom is 0.223 e. The molecule has 1 N–H and O–H groups in total. The monoisotopic (exact) mass is 222 g/mol. The molecular formula is C11H18N4O. The Bertz CT molecular complexity index is 301. The van der Waals surface area contributed by atoms with Crippen LogP contribution in [0.25, 0.3) is 10.4 Å². The van der Waals surface area contributed by atoms with Gasteiger partial charge < -0.3 is 5.32 Å². The molecule has 0 heterocycles. The molecule has 1 amide bonds. The molecule has 2 fully saturated rings. The lowest BCUT2D eigenvalue weighted by molar-refractivity contribution is -0.125. The quantitative estimate of drug-likeness (QED) is 0.318. The van der Waals surface area contributed by atoms with Crippen LogP contribution in [0.2, 0.25) is 0 Å². The van der Waals surface area contributed by atoms with E-state index in [1.54, 1.807) is 0 Å². The van der Waals surface area contributed by atoms with Gasteiger partial charge in [-0.2, -0.15) is 0 Å². The molecule has 0 saturated heterocycles. The van der Waals surface area contributed by atoms with Gasteiger partial charge in [0, 0.05) is 23.9 Å². The van der Waals surface area contributed by atoms with E-state index >= 15 is 0 Å². The second-order valence-corrected chi connectivity index (χ2v) is 4.88. The third-order valence-corrected chi connectivity index (χ3v) is 3.66. The van der Waals surface area contributed by atoms with Crippen LogP contribution in [0, 0.1) is 17.8 Å². The van der Waals surface area contributed by atoms with E-state index in [0.717, 1.165) is 37.5 Å². The van der Waals surface area contributed by atoms with Crippen LogP contribution in [0.1, 0.15) is 32.1 Å². The molecule has 16 heavy (non-hydrogen) atoms. The third-order valence-electron chi connectivity index (χ3n) is 3.66. The van der Waals surface area contributed by atoms with Crippen LogP contribution in [-0.2, 0) is 4.79 Å². The van der Waals surface area contributed by atoms with E-state index in [9.17, 15) is 4.79 Å². The Labute approximate surface area is 95.2 Å². The largest absolute Gasteiger partial charge is 0.356 e. The Morgan fingerprint density at radius 3 is 2.75 bits per heavy atom. The van der Waals surface area contributed by atoms with Gasteiger partial charge in [-0.3, -0.25) is 4.79 Å². The van der Waals surface area contributed by atoms with Crippen molar-refractivity contribution in [2.24, 2.45) is 22.9 Å². The average molecular weight is 222 g/mol. The zero-order valence-electron chi connectivity index (χ0n) is 9.43. The van der Waals surface area contributed by atoms with Gasteiger partial charge in [0.1, 0.15) is 0 Å². The van der Waals surface area contributed by atoms with E-state index in [2.05, 4.69) is 15.3 Å². The fourth-order valence-electron chi connectivity index (χ4n) is 2.64. The van der Waals surface area contributed by atoms with Gasteiger partial charge in [-0.1, -0.05) is 5.11 Å². The van der Waals surface area contributed by atoms with Crippen LogP contribution >= 0.6 is 0 Å². The number of nitrogens with zero attached hydrogens (tertiary/aromatic N) is 3. The van der Waals surface area contributed by atoms with Gasteiger partial charge in [-0.25, -0.2) is 0 Å². The molecule has 2 atom stereocenters. The molecule has 0 bridgehead atoms. The zero-order chi connectivity index (χ0) is 11.4. The summed E-state index contributed by atoms with van der Waals surface area (Å²) in [7, 11) is 0. The van der Waals surface area contributed by atoms with E-state index in [-0.39, 0.29) is 11.8 Å². The van der Waals surface area contributed by atoms with Crippen molar-refractivity contribution in [2.45, 2.75) is 32.1 Å². The molecule has 0 radical (unpaired) electrons. The molecule has 2 aliphatic rings. The minimum Gasteiger partial charge on any atom is -0.356 e. The summed E-state index contributed by atoms with van der Waals surface area (Å²) in [5.41, 5.74) is 8.07. The third kappa shape index (κ3) is 2.89. The first-order valence-corrected chi connectivity index (χ1v) is 6.10. The van der Waals surface area contributed by atoms with Gasteiger partial charge in [-0.15, -0.1) is 0 Å². The maximum atomic E-state index is 11.7. The second-order valence-electron chi connectivity index (χ2n) is 4.88. The van der Waals surface area contributed by atoms with Crippen molar-refractivity contribution in [3.8, 4) is 0 Å². The summed E-state index contributed by atoms with van der Waals surface area (Å²) in [5, 5.41) is 6.42. The van der Waals surface area contributed by atoms with Gasteiger partial charge in [-0.05, 0) is 49.5 Å². The van der Waals surface area contributed by atoms with E-state index in [1.807, 2.05) is 0 Å². The van der Waals surface area contributed by atoms with E-state index in [0.29, 0.717) is 13.1 Å². The van der Waals surface area contributed by atoms with Gasteiger partial charge in [0.15, 0.2) is 0 Å². The van der Waals surface area contributed by atoms with Crippen molar-refractivity contribution in [3.63, 3.8) is 0 Å². The number of nitrogens with one attached hydrogen (secondary N) is 1. The van der Waals surface area contributed by atoms with Gasteiger partial charge >= 0.3 is 0 Å². The summed E-state index contributed by atoms with van der Waals surface area (Å²) in [5.74, 6) is 2.23. The smallest absolute Gasteiger partial charge is 0.223 e. The number of fused-ring (bicyclic) bond motifs is 1. The molecule has 5 heteroatoms. The molecule has 0 aromatic heterocycles. The van der Waals surface area contributed by atoms with Crippen molar-refractivity contribution in [1.82, 2.24) is 5.32 Å². The number of hydrogen-bond donors (Lipinski definition) is 1. The summed E-state index contributed by atoms with van der Waals surface area (Å²) in [6.07, 6.45) is 5.31. The Morgan fingerprint density at radius 1 is 1.31 bits per heavy atom. The second kappa shape index (κ2) is 5.21. The minimum atomic E-state index is 0.232. The molecule has 2 aliphatic carbocycles. The molecule has 2 saturated carbocycles. The predicted octanol–water partition coefficient (Wildman–Crippen LogP) is 2.24. The fourth-order valence-corrected chi connectivity index (χ4v) is 2.64. The molecule has 0 aliphatic heterocycles. The highest BCUT2D eigenvalue weighted by Gasteiger charge is 2.47. The number of amides is 1. The Kier molecular flexibility index (Phi) is 3.67. The van der Waals surface area contributed by atoms with Gasteiger partial charge in [0.25, 0.3) is 0 Å².